The summed E-state index contributed by atoms with van der Waals surface area (Å²) in [4.78, 5) is 14.3. The lowest BCUT2D eigenvalue weighted by atomic mass is 9.71. The number of piperidine rings is 1. The Labute approximate surface area is 177 Å². The fourth-order valence-electron chi connectivity index (χ4n) is 6.03. The molecule has 162 valence electrons. The molecule has 0 spiro atoms. The Morgan fingerprint density at radius 2 is 1.75 bits per heavy atom. The molecular formula is C23H42N2O2S. The summed E-state index contributed by atoms with van der Waals surface area (Å²) >= 11 is 4.89. The van der Waals surface area contributed by atoms with Crippen LogP contribution in [0.5, 0.6) is 0 Å². The fraction of sp³-hybridized carbons (Fsp3) is 0.957. The summed E-state index contributed by atoms with van der Waals surface area (Å²) in [7, 11) is 0. The molecule has 5 heteroatoms. The molecular weight excluding hydrogens is 368 g/mol. The number of hydrogen-bond donors (Lipinski definition) is 2. The average molecular weight is 411 g/mol. The minimum absolute atomic E-state index is 0.00223. The number of hydrogen-bond acceptors (Lipinski definition) is 4. The monoisotopic (exact) mass is 410 g/mol. The number of rotatable bonds is 5. The van der Waals surface area contributed by atoms with Crippen LogP contribution in [0.2, 0.25) is 0 Å². The van der Waals surface area contributed by atoms with E-state index in [1.807, 2.05) is 4.90 Å². The van der Waals surface area contributed by atoms with Gasteiger partial charge in [-0.2, -0.15) is 12.6 Å². The van der Waals surface area contributed by atoms with Crippen LogP contribution < -0.4 is 5.73 Å². The second kappa shape index (κ2) is 10.2. The third-order valence-electron chi connectivity index (χ3n) is 7.94. The Balaban J connectivity index is 1.60. The fourth-order valence-corrected chi connectivity index (χ4v) is 6.58. The van der Waals surface area contributed by atoms with E-state index in [2.05, 4.69) is 13.8 Å². The number of carbonyl (C=O) groups excluding carboxylic acids is 1. The van der Waals surface area contributed by atoms with Crippen LogP contribution in [-0.2, 0) is 9.53 Å². The molecule has 1 amide bonds. The summed E-state index contributed by atoms with van der Waals surface area (Å²) < 4.78 is 6.37. The van der Waals surface area contributed by atoms with Crippen LogP contribution in [0, 0.1) is 23.7 Å². The van der Waals surface area contributed by atoms with Crippen LogP contribution in [0.4, 0.5) is 0 Å². The maximum absolute atomic E-state index is 12.3. The normalized spacial score (nSPS) is 39.9. The van der Waals surface area contributed by atoms with Gasteiger partial charge in [0.25, 0.3) is 0 Å². The molecule has 0 aromatic carbocycles. The van der Waals surface area contributed by atoms with Gasteiger partial charge in [-0.25, -0.2) is 0 Å². The molecule has 2 saturated carbocycles. The van der Waals surface area contributed by atoms with E-state index in [1.54, 1.807) is 6.92 Å². The van der Waals surface area contributed by atoms with Crippen LogP contribution in [0.25, 0.3) is 0 Å². The number of carbonyl (C=O) groups is 1. The van der Waals surface area contributed by atoms with Crippen LogP contribution in [0.1, 0.15) is 78.6 Å². The summed E-state index contributed by atoms with van der Waals surface area (Å²) in [5, 5.41) is 0.460. The van der Waals surface area contributed by atoms with Gasteiger partial charge in [0, 0.05) is 24.8 Å². The molecule has 3 rings (SSSR count). The van der Waals surface area contributed by atoms with E-state index >= 15 is 0 Å². The van der Waals surface area contributed by atoms with Crippen molar-refractivity contribution >= 4 is 18.5 Å². The minimum Gasteiger partial charge on any atom is -0.376 e. The number of thiol groups is 1. The van der Waals surface area contributed by atoms with Crippen LogP contribution in [-0.4, -0.2) is 47.4 Å². The Hall–Kier alpha value is -0.260. The van der Waals surface area contributed by atoms with Crippen LogP contribution in [0.3, 0.4) is 0 Å². The van der Waals surface area contributed by atoms with Crippen molar-refractivity contribution in [3.8, 4) is 0 Å². The average Bonchev–Trinajstić information content (AvgIpc) is 2.67. The predicted molar refractivity (Wildman–Crippen MR) is 119 cm³/mol. The summed E-state index contributed by atoms with van der Waals surface area (Å²) in [5.41, 5.74) is 6.81. The van der Waals surface area contributed by atoms with Crippen molar-refractivity contribution < 1.29 is 9.53 Å². The molecule has 1 saturated heterocycles. The molecule has 1 aliphatic heterocycles. The van der Waals surface area contributed by atoms with Gasteiger partial charge in [-0.3, -0.25) is 4.79 Å². The topological polar surface area (TPSA) is 55.6 Å². The molecule has 28 heavy (non-hydrogen) atoms. The van der Waals surface area contributed by atoms with Gasteiger partial charge in [-0.1, -0.05) is 26.7 Å². The highest BCUT2D eigenvalue weighted by atomic mass is 32.1. The van der Waals surface area contributed by atoms with Gasteiger partial charge < -0.3 is 15.4 Å². The van der Waals surface area contributed by atoms with Gasteiger partial charge in [0.1, 0.15) is 0 Å². The lowest BCUT2D eigenvalue weighted by Crippen LogP contribution is -2.61. The Bertz CT molecular complexity index is 507. The zero-order chi connectivity index (χ0) is 20.3. The Morgan fingerprint density at radius 1 is 1.07 bits per heavy atom. The number of likely N-dealkylation sites (tertiary alicyclic amines) is 1. The first kappa shape index (κ1) is 22.4. The molecule has 0 bridgehead atoms. The molecule has 2 aliphatic carbocycles. The van der Waals surface area contributed by atoms with Crippen molar-refractivity contribution in [2.45, 2.75) is 102 Å². The molecule has 0 radical (unpaired) electrons. The van der Waals surface area contributed by atoms with Gasteiger partial charge in [-0.15, -0.1) is 0 Å². The van der Waals surface area contributed by atoms with E-state index in [4.69, 9.17) is 23.1 Å². The van der Waals surface area contributed by atoms with Crippen molar-refractivity contribution in [1.82, 2.24) is 4.90 Å². The molecule has 5 atom stereocenters. The Kier molecular flexibility index (Phi) is 8.14. The van der Waals surface area contributed by atoms with Crippen LogP contribution >= 0.6 is 12.6 Å². The van der Waals surface area contributed by atoms with E-state index < -0.39 is 0 Å². The number of nitrogens with two attached hydrogens (primary N) is 1. The van der Waals surface area contributed by atoms with Crippen molar-refractivity contribution in [3.63, 3.8) is 0 Å². The smallest absolute Gasteiger partial charge is 0.219 e. The van der Waals surface area contributed by atoms with E-state index in [0.717, 1.165) is 37.6 Å². The van der Waals surface area contributed by atoms with Gasteiger partial charge in [-0.05, 0) is 68.6 Å². The highest BCUT2D eigenvalue weighted by Gasteiger charge is 2.43. The van der Waals surface area contributed by atoms with Gasteiger partial charge >= 0.3 is 0 Å². The van der Waals surface area contributed by atoms with Gasteiger partial charge in [0.15, 0.2) is 0 Å². The van der Waals surface area contributed by atoms with Crippen molar-refractivity contribution in [1.29, 1.82) is 0 Å². The predicted octanol–water partition coefficient (Wildman–Crippen LogP) is 4.27. The third kappa shape index (κ3) is 5.26. The summed E-state index contributed by atoms with van der Waals surface area (Å²) in [5.74, 6) is 2.80. The molecule has 0 aromatic heterocycles. The molecule has 2 N–H and O–H groups in total. The highest BCUT2D eigenvalue weighted by molar-refractivity contribution is 7.81. The zero-order valence-corrected chi connectivity index (χ0v) is 19.1. The molecule has 0 aromatic rings. The minimum atomic E-state index is 0.00223. The zero-order valence-electron chi connectivity index (χ0n) is 18.2. The van der Waals surface area contributed by atoms with Crippen molar-refractivity contribution in [3.05, 3.63) is 0 Å². The summed E-state index contributed by atoms with van der Waals surface area (Å²) in [6.45, 7) is 7.75. The molecule has 4 nitrogen and oxygen atoms in total. The first-order valence-corrected chi connectivity index (χ1v) is 12.2. The van der Waals surface area contributed by atoms with E-state index in [9.17, 15) is 4.79 Å². The van der Waals surface area contributed by atoms with Gasteiger partial charge in [0.05, 0.1) is 18.8 Å². The summed E-state index contributed by atoms with van der Waals surface area (Å²) in [6.07, 6.45) is 11.2. The maximum atomic E-state index is 12.3. The number of nitrogens with zero attached hydrogens (tertiary/aromatic N) is 1. The molecule has 3 unspecified atom stereocenters. The van der Waals surface area contributed by atoms with Crippen LogP contribution in [0.15, 0.2) is 0 Å². The van der Waals surface area contributed by atoms with Gasteiger partial charge in [0.2, 0.25) is 5.91 Å². The van der Waals surface area contributed by atoms with E-state index in [0.29, 0.717) is 29.8 Å². The quantitative estimate of drug-likeness (QED) is 0.666. The summed E-state index contributed by atoms with van der Waals surface area (Å²) in [6, 6.07) is 0.0175. The van der Waals surface area contributed by atoms with Crippen molar-refractivity contribution in [2.24, 2.45) is 29.4 Å². The number of amides is 1. The first-order chi connectivity index (χ1) is 13.4. The molecule has 3 aliphatic rings. The highest BCUT2D eigenvalue weighted by Crippen LogP contribution is 2.40. The molecule has 3 fully saturated rings. The number of ether oxygens (including phenoxy) is 1. The third-order valence-corrected chi connectivity index (χ3v) is 8.58. The first-order valence-electron chi connectivity index (χ1n) is 11.7. The van der Waals surface area contributed by atoms with E-state index in [1.165, 1.54) is 38.5 Å². The largest absolute Gasteiger partial charge is 0.376 e. The standard InChI is InChI=1S/C23H42N2O2S/c1-15(2)17-8-10-18(11-9-17)27-14-21-23(24)20(12-13-25(21)16(3)26)19-6-4-5-7-22(19)28/h15,17-23,28H,4-14,24H2,1-3H3/t17-,18+,19?,20?,21-,22?,23-/m0/s1. The Morgan fingerprint density at radius 3 is 2.36 bits per heavy atom. The van der Waals surface area contributed by atoms with E-state index in [-0.39, 0.29) is 18.0 Å². The lowest BCUT2D eigenvalue weighted by molar-refractivity contribution is -0.138. The second-order valence-corrected chi connectivity index (χ2v) is 10.6. The van der Waals surface area contributed by atoms with Crippen molar-refractivity contribution in [2.75, 3.05) is 13.2 Å². The molecule has 1 heterocycles. The SMILES string of the molecule is CC(=O)N1CCC(C2CCCCC2S)[C@H](N)[C@@H]1CO[C@H]1CC[C@@H](C(C)C)CC1. The second-order valence-electron chi connectivity index (χ2n) is 9.94. The lowest BCUT2D eigenvalue weighted by Gasteiger charge is -2.48. The maximum Gasteiger partial charge on any atom is 0.219 e.